The molecule has 0 N–H and O–H groups in total. The summed E-state index contributed by atoms with van der Waals surface area (Å²) in [5.41, 5.74) is 0. The van der Waals surface area contributed by atoms with Crippen LogP contribution in [0.3, 0.4) is 0 Å². The van der Waals surface area contributed by atoms with Gasteiger partial charge in [-0.3, -0.25) is 0 Å². The Hall–Kier alpha value is 3.91. The number of halogens is 2. The molecule has 0 radical (unpaired) electrons. The average molecular weight is 687 g/mol. The second kappa shape index (κ2) is 24.7. The fraction of sp³-hybridized carbons (Fsp3) is 0. The zero-order chi connectivity index (χ0) is 4.00. The van der Waals surface area contributed by atoms with Gasteiger partial charge in [0.1, 0.15) is 0 Å². The molecule has 0 unspecified atom stereocenters. The van der Waals surface area contributed by atoms with E-state index in [0.717, 1.165) is 0 Å². The Bertz CT molecular complexity index is 7.61. The standard InChI is InChI=1S/Ba.2BrH.2Pt/h;2*1H;;/q+2;;;;/p-2. The summed E-state index contributed by atoms with van der Waals surface area (Å²) in [7, 11) is 0. The summed E-state index contributed by atoms with van der Waals surface area (Å²) in [6.45, 7) is 0. The van der Waals surface area contributed by atoms with Crippen LogP contribution >= 0.6 is 26.6 Å². The topological polar surface area (TPSA) is 0 Å². The molecule has 36 valence electrons. The monoisotopic (exact) mass is 686 g/mol. The summed E-state index contributed by atoms with van der Waals surface area (Å²) >= 11 is 9.72. The summed E-state index contributed by atoms with van der Waals surface area (Å²) in [4.78, 5) is 0. The molecule has 0 aliphatic heterocycles. The third-order valence-electron chi connectivity index (χ3n) is 0. The summed E-state index contributed by atoms with van der Waals surface area (Å²) in [5, 5.41) is 0. The van der Waals surface area contributed by atoms with Crippen LogP contribution in [0.15, 0.2) is 0 Å². The van der Waals surface area contributed by atoms with Crippen molar-refractivity contribution >= 4 is 75.5 Å². The van der Waals surface area contributed by atoms with Crippen molar-refractivity contribution in [3.05, 3.63) is 0 Å². The van der Waals surface area contributed by atoms with E-state index >= 15 is 0 Å². The number of hydrogen-bond acceptors (Lipinski definition) is 0. The van der Waals surface area contributed by atoms with Crippen LogP contribution in [0.5, 0.6) is 0 Å². The number of hydrogen-bond donors (Lipinski definition) is 0. The fourth-order valence-corrected chi connectivity index (χ4v) is 0. The summed E-state index contributed by atoms with van der Waals surface area (Å²) in [6, 6.07) is 0. The molecule has 0 saturated carbocycles. The molecule has 5 heavy (non-hydrogen) atoms. The van der Waals surface area contributed by atoms with Gasteiger partial charge in [0.05, 0.1) is 0 Å². The predicted molar refractivity (Wildman–Crippen MR) is 23.6 cm³/mol. The van der Waals surface area contributed by atoms with Crippen LogP contribution in [0.1, 0.15) is 0 Å². The van der Waals surface area contributed by atoms with E-state index in [0.29, 0.717) is 0 Å². The molecule has 0 aliphatic carbocycles. The molecule has 0 aromatic heterocycles. The third-order valence-corrected chi connectivity index (χ3v) is 0. The Morgan fingerprint density at radius 3 is 0.800 bits per heavy atom. The predicted octanol–water partition coefficient (Wildman–Crippen LogP) is 1.31. The van der Waals surface area contributed by atoms with E-state index in [-0.39, 0.29) is 48.9 Å². The zero-order valence-electron chi connectivity index (χ0n) is 2.10. The quantitative estimate of drug-likeness (QED) is 0.338. The minimum atomic E-state index is 0. The second-order valence-corrected chi connectivity index (χ2v) is 0. The van der Waals surface area contributed by atoms with E-state index in [2.05, 4.69) is 26.6 Å². The van der Waals surface area contributed by atoms with Crippen LogP contribution in [0.4, 0.5) is 0 Å². The van der Waals surface area contributed by atoms with Crippen LogP contribution in [0, 0.1) is 0 Å². The molecular formula is BaBr2Pt2. The van der Waals surface area contributed by atoms with Gasteiger partial charge in [-0.05, 0) is 0 Å². The van der Waals surface area contributed by atoms with E-state index in [1.165, 1.54) is 0 Å². The van der Waals surface area contributed by atoms with Crippen molar-refractivity contribution in [2.45, 2.75) is 0 Å². The van der Waals surface area contributed by atoms with Gasteiger partial charge in [-0.1, -0.05) is 0 Å². The zero-order valence-corrected chi connectivity index (χ0v) is 14.3. The Morgan fingerprint density at radius 2 is 0.800 bits per heavy atom. The second-order valence-electron chi connectivity index (χ2n) is 0. The molecule has 0 nitrogen and oxygen atoms in total. The van der Waals surface area contributed by atoms with Gasteiger partial charge in [0.25, 0.3) is 0 Å². The first-order chi connectivity index (χ1) is 2.00. The van der Waals surface area contributed by atoms with Crippen LogP contribution in [-0.4, -0.2) is 48.9 Å². The molecule has 0 aromatic carbocycles. The summed E-state index contributed by atoms with van der Waals surface area (Å²) in [5.74, 6) is 0. The van der Waals surface area contributed by atoms with Gasteiger partial charge >= 0.3 is 111 Å². The minimum absolute atomic E-state index is 0. The van der Waals surface area contributed by atoms with Crippen molar-refractivity contribution in [2.24, 2.45) is 0 Å². The molecule has 0 rings (SSSR count). The van der Waals surface area contributed by atoms with Crippen LogP contribution in [0.25, 0.3) is 0 Å². The van der Waals surface area contributed by atoms with Crippen molar-refractivity contribution < 1.29 is 35.5 Å². The van der Waals surface area contributed by atoms with Gasteiger partial charge in [0, 0.05) is 0 Å². The van der Waals surface area contributed by atoms with Crippen molar-refractivity contribution in [3.8, 4) is 0 Å². The van der Waals surface area contributed by atoms with Crippen molar-refractivity contribution in [2.75, 3.05) is 0 Å². The Morgan fingerprint density at radius 1 is 0.800 bits per heavy atom. The molecule has 0 amide bonds. The molecule has 0 aliphatic rings. The Labute approximate surface area is 108 Å². The summed E-state index contributed by atoms with van der Waals surface area (Å²) < 4.78 is 0. The normalized spacial score (nSPS) is 2.80. The number of rotatable bonds is 0. The average Bonchev–Trinajstić information content (AvgIpc) is 1.50. The molecule has 5 heteroatoms. The van der Waals surface area contributed by atoms with Gasteiger partial charge in [-0.25, -0.2) is 0 Å². The van der Waals surface area contributed by atoms with Gasteiger partial charge < -0.3 is 0 Å². The molecule has 0 heterocycles. The van der Waals surface area contributed by atoms with E-state index in [1.54, 1.807) is 0 Å². The molecular weight excluding hydrogens is 687 g/mol. The SMILES string of the molecule is [Ba+2].[Br][Pt-].[Br][Pt-]. The first kappa shape index (κ1) is 16.0. The molecule has 0 bridgehead atoms. The van der Waals surface area contributed by atoms with Crippen molar-refractivity contribution in [1.29, 1.82) is 0 Å². The molecule has 0 saturated heterocycles. The first-order valence-corrected chi connectivity index (χ1v) is 10.2. The Kier molecular flexibility index (Phi) is 78.9. The fourth-order valence-electron chi connectivity index (χ4n) is 0. The molecule has 0 aromatic rings. The molecule has 0 spiro atoms. The van der Waals surface area contributed by atoms with Gasteiger partial charge in [0.2, 0.25) is 0 Å². The van der Waals surface area contributed by atoms with Crippen molar-refractivity contribution in [1.82, 2.24) is 0 Å². The summed E-state index contributed by atoms with van der Waals surface area (Å²) in [6.07, 6.45) is 0. The van der Waals surface area contributed by atoms with Crippen LogP contribution in [-0.2, 0) is 35.5 Å². The van der Waals surface area contributed by atoms with E-state index < -0.39 is 0 Å². The Balaban J connectivity index is -0.0000000133. The van der Waals surface area contributed by atoms with Crippen molar-refractivity contribution in [3.63, 3.8) is 0 Å². The van der Waals surface area contributed by atoms with Gasteiger partial charge in [-0.2, -0.15) is 0 Å². The van der Waals surface area contributed by atoms with Gasteiger partial charge in [-0.15, -0.1) is 0 Å². The van der Waals surface area contributed by atoms with Crippen LogP contribution in [0.2, 0.25) is 0 Å². The molecule has 0 atom stereocenters. The maximum atomic E-state index is 2.91. The molecule has 0 fully saturated rings. The van der Waals surface area contributed by atoms with Gasteiger partial charge in [0.15, 0.2) is 0 Å². The third kappa shape index (κ3) is 18.1. The van der Waals surface area contributed by atoms with Crippen LogP contribution < -0.4 is 0 Å². The first-order valence-electron chi connectivity index (χ1n) is 0.239. The van der Waals surface area contributed by atoms with E-state index in [4.69, 9.17) is 0 Å². The van der Waals surface area contributed by atoms with E-state index in [9.17, 15) is 0 Å². The van der Waals surface area contributed by atoms with E-state index in [1.807, 2.05) is 35.5 Å². The maximum absolute atomic E-state index is 2.91.